The lowest BCUT2D eigenvalue weighted by Gasteiger charge is -2.06. The van der Waals surface area contributed by atoms with E-state index in [1.807, 2.05) is 44.2 Å². The zero-order valence-corrected chi connectivity index (χ0v) is 14.0. The van der Waals surface area contributed by atoms with Crippen molar-refractivity contribution in [1.82, 2.24) is 4.98 Å². The second-order valence-corrected chi connectivity index (χ2v) is 6.33. The van der Waals surface area contributed by atoms with Crippen LogP contribution < -0.4 is 0 Å². The van der Waals surface area contributed by atoms with E-state index in [4.69, 9.17) is 0 Å². The molecule has 0 aliphatic rings. The molecule has 3 aromatic rings. The molecule has 0 aliphatic carbocycles. The lowest BCUT2D eigenvalue weighted by Crippen LogP contribution is -2.01. The van der Waals surface area contributed by atoms with Crippen LogP contribution in [0.2, 0.25) is 0 Å². The number of aromatic nitrogens is 1. The van der Waals surface area contributed by atoms with Gasteiger partial charge in [0.1, 0.15) is 0 Å². The van der Waals surface area contributed by atoms with E-state index in [1.54, 1.807) is 0 Å². The molecule has 0 atom stereocenters. The Kier molecular flexibility index (Phi) is 3.79. The van der Waals surface area contributed by atoms with Gasteiger partial charge >= 0.3 is 5.97 Å². The van der Waals surface area contributed by atoms with E-state index in [0.717, 1.165) is 43.3 Å². The van der Waals surface area contributed by atoms with E-state index < -0.39 is 5.97 Å². The second kappa shape index (κ2) is 5.61. The van der Waals surface area contributed by atoms with Crippen LogP contribution in [0.1, 0.15) is 16.7 Å². The molecule has 0 saturated carbocycles. The summed E-state index contributed by atoms with van der Waals surface area (Å²) >= 11 is 3.56. The Morgan fingerprint density at radius 2 is 1.82 bits per heavy atom. The van der Waals surface area contributed by atoms with Gasteiger partial charge in [0.05, 0.1) is 12.1 Å². The van der Waals surface area contributed by atoms with Gasteiger partial charge in [0.15, 0.2) is 0 Å². The van der Waals surface area contributed by atoms with Crippen LogP contribution >= 0.6 is 15.9 Å². The van der Waals surface area contributed by atoms with Crippen molar-refractivity contribution >= 4 is 32.8 Å². The van der Waals surface area contributed by atoms with Crippen molar-refractivity contribution in [3.05, 3.63) is 57.6 Å². The highest BCUT2D eigenvalue weighted by atomic mass is 79.9. The van der Waals surface area contributed by atoms with E-state index in [1.165, 1.54) is 0 Å². The molecule has 0 spiro atoms. The number of rotatable bonds is 3. The number of aromatic amines is 1. The Hall–Kier alpha value is -2.07. The van der Waals surface area contributed by atoms with Crippen LogP contribution in [-0.4, -0.2) is 16.1 Å². The Morgan fingerprint density at radius 3 is 2.50 bits per heavy atom. The summed E-state index contributed by atoms with van der Waals surface area (Å²) in [5.74, 6) is -0.824. The van der Waals surface area contributed by atoms with Crippen LogP contribution in [0.3, 0.4) is 0 Å². The lowest BCUT2D eigenvalue weighted by atomic mass is 9.99. The summed E-state index contributed by atoms with van der Waals surface area (Å²) in [6, 6.07) is 12.0. The van der Waals surface area contributed by atoms with Crippen molar-refractivity contribution in [2.24, 2.45) is 0 Å². The monoisotopic (exact) mass is 357 g/mol. The lowest BCUT2D eigenvalue weighted by molar-refractivity contribution is -0.136. The SMILES string of the molecule is Cc1ccc(C)c2c(CC(=O)O)c(-c3ccccc3Br)[nH]c12. The van der Waals surface area contributed by atoms with Crippen LogP contribution in [0.15, 0.2) is 40.9 Å². The van der Waals surface area contributed by atoms with Crippen molar-refractivity contribution in [3.8, 4) is 11.3 Å². The molecular formula is C18H16BrNO2. The highest BCUT2D eigenvalue weighted by Crippen LogP contribution is 2.37. The molecule has 0 radical (unpaired) electrons. The molecule has 112 valence electrons. The fraction of sp³-hybridized carbons (Fsp3) is 0.167. The smallest absolute Gasteiger partial charge is 0.307 e. The van der Waals surface area contributed by atoms with Crippen molar-refractivity contribution in [1.29, 1.82) is 0 Å². The average molecular weight is 358 g/mol. The molecule has 3 nitrogen and oxygen atoms in total. The molecule has 0 aliphatic heterocycles. The van der Waals surface area contributed by atoms with Crippen molar-refractivity contribution in [2.75, 3.05) is 0 Å². The number of fused-ring (bicyclic) bond motifs is 1. The van der Waals surface area contributed by atoms with Crippen LogP contribution in [-0.2, 0) is 11.2 Å². The van der Waals surface area contributed by atoms with Crippen LogP contribution in [0.5, 0.6) is 0 Å². The van der Waals surface area contributed by atoms with E-state index in [9.17, 15) is 9.90 Å². The maximum absolute atomic E-state index is 11.3. The number of hydrogen-bond acceptors (Lipinski definition) is 1. The van der Waals surface area contributed by atoms with Crippen molar-refractivity contribution in [3.63, 3.8) is 0 Å². The number of benzene rings is 2. The summed E-state index contributed by atoms with van der Waals surface area (Å²) in [4.78, 5) is 14.8. The van der Waals surface area contributed by atoms with Gasteiger partial charge in [-0.25, -0.2) is 0 Å². The van der Waals surface area contributed by atoms with Crippen LogP contribution in [0.25, 0.3) is 22.2 Å². The molecule has 2 aromatic carbocycles. The third kappa shape index (κ3) is 2.44. The number of aliphatic carboxylic acids is 1. The number of H-pyrrole nitrogens is 1. The third-order valence-corrected chi connectivity index (χ3v) is 4.64. The summed E-state index contributed by atoms with van der Waals surface area (Å²) in [6.45, 7) is 4.05. The topological polar surface area (TPSA) is 53.1 Å². The molecule has 1 heterocycles. The summed E-state index contributed by atoms with van der Waals surface area (Å²) in [6.07, 6.45) is 0.000953. The summed E-state index contributed by atoms with van der Waals surface area (Å²) < 4.78 is 0.948. The first-order chi connectivity index (χ1) is 10.5. The van der Waals surface area contributed by atoms with Crippen molar-refractivity contribution < 1.29 is 9.90 Å². The number of nitrogens with one attached hydrogen (secondary N) is 1. The molecule has 2 N–H and O–H groups in total. The normalized spacial score (nSPS) is 11.0. The van der Waals surface area contributed by atoms with E-state index in [2.05, 4.69) is 27.0 Å². The minimum absolute atomic E-state index is 0.000953. The fourth-order valence-electron chi connectivity index (χ4n) is 2.91. The van der Waals surface area contributed by atoms with E-state index in [-0.39, 0.29) is 6.42 Å². The van der Waals surface area contributed by atoms with Gasteiger partial charge in [-0.1, -0.05) is 46.3 Å². The fourth-order valence-corrected chi connectivity index (χ4v) is 3.39. The number of carbonyl (C=O) groups is 1. The number of carboxylic acid groups (broad SMARTS) is 1. The van der Waals surface area contributed by atoms with Gasteiger partial charge < -0.3 is 10.1 Å². The van der Waals surface area contributed by atoms with Gasteiger partial charge in [0, 0.05) is 20.9 Å². The molecule has 0 unspecified atom stereocenters. The molecule has 0 bridgehead atoms. The molecular weight excluding hydrogens is 342 g/mol. The first-order valence-electron chi connectivity index (χ1n) is 7.06. The summed E-state index contributed by atoms with van der Waals surface area (Å²) in [5, 5.41) is 10.3. The Balaban J connectivity index is 2.39. The number of hydrogen-bond donors (Lipinski definition) is 2. The second-order valence-electron chi connectivity index (χ2n) is 5.48. The highest BCUT2D eigenvalue weighted by molar-refractivity contribution is 9.10. The summed E-state index contributed by atoms with van der Waals surface area (Å²) in [7, 11) is 0. The highest BCUT2D eigenvalue weighted by Gasteiger charge is 2.19. The Bertz CT molecular complexity index is 880. The Morgan fingerprint density at radius 1 is 1.14 bits per heavy atom. The summed E-state index contributed by atoms with van der Waals surface area (Å²) in [5.41, 5.74) is 5.92. The minimum atomic E-state index is -0.824. The van der Waals surface area contributed by atoms with Gasteiger partial charge in [-0.15, -0.1) is 0 Å². The van der Waals surface area contributed by atoms with E-state index >= 15 is 0 Å². The predicted molar refractivity (Wildman–Crippen MR) is 92.2 cm³/mol. The van der Waals surface area contributed by atoms with Crippen LogP contribution in [0, 0.1) is 13.8 Å². The third-order valence-electron chi connectivity index (χ3n) is 3.95. The first kappa shape index (κ1) is 14.9. The quantitative estimate of drug-likeness (QED) is 0.704. The standard InChI is InChI=1S/C18H16BrNO2/c1-10-7-8-11(2)17-16(10)13(9-15(21)22)18(20-17)12-5-3-4-6-14(12)19/h3-8,20H,9H2,1-2H3,(H,21,22). The van der Waals surface area contributed by atoms with Gasteiger partial charge in [0.2, 0.25) is 0 Å². The molecule has 0 saturated heterocycles. The zero-order chi connectivity index (χ0) is 15.9. The number of aryl methyl sites for hydroxylation is 2. The first-order valence-corrected chi connectivity index (χ1v) is 7.85. The molecule has 22 heavy (non-hydrogen) atoms. The average Bonchev–Trinajstić information content (AvgIpc) is 2.83. The van der Waals surface area contributed by atoms with E-state index in [0.29, 0.717) is 0 Å². The van der Waals surface area contributed by atoms with Crippen molar-refractivity contribution in [2.45, 2.75) is 20.3 Å². The predicted octanol–water partition coefficient (Wildman–Crippen LogP) is 4.84. The Labute approximate surface area is 137 Å². The van der Waals surface area contributed by atoms with Gasteiger partial charge in [0.25, 0.3) is 0 Å². The number of carboxylic acids is 1. The number of halogens is 1. The van der Waals surface area contributed by atoms with Gasteiger partial charge in [-0.05, 0) is 36.6 Å². The molecule has 3 rings (SSSR count). The molecule has 0 fully saturated rings. The maximum atomic E-state index is 11.3. The largest absolute Gasteiger partial charge is 0.481 e. The molecule has 1 aromatic heterocycles. The minimum Gasteiger partial charge on any atom is -0.481 e. The van der Waals surface area contributed by atoms with Gasteiger partial charge in [-0.2, -0.15) is 0 Å². The van der Waals surface area contributed by atoms with Gasteiger partial charge in [-0.3, -0.25) is 4.79 Å². The maximum Gasteiger partial charge on any atom is 0.307 e. The van der Waals surface area contributed by atoms with Crippen LogP contribution in [0.4, 0.5) is 0 Å². The molecule has 0 amide bonds. The zero-order valence-electron chi connectivity index (χ0n) is 12.4. The molecule has 4 heteroatoms.